The molecular weight excluding hydrogens is 408 g/mol. The van der Waals surface area contributed by atoms with Crippen molar-refractivity contribution in [3.05, 3.63) is 23.3 Å². The first-order valence-corrected chi connectivity index (χ1v) is 13.4. The van der Waals surface area contributed by atoms with Crippen molar-refractivity contribution in [3.63, 3.8) is 0 Å². The summed E-state index contributed by atoms with van der Waals surface area (Å²) in [6.45, 7) is 10.4. The lowest BCUT2D eigenvalue weighted by atomic mass is 9.95. The van der Waals surface area contributed by atoms with Crippen LogP contribution in [0.5, 0.6) is 11.5 Å². The summed E-state index contributed by atoms with van der Waals surface area (Å²) in [5.74, 6) is 1.76. The molecule has 30 heavy (non-hydrogen) atoms. The molecule has 0 bridgehead atoms. The minimum Gasteiger partial charge on any atom is -0.490 e. The molecule has 0 spiro atoms. The molecule has 0 saturated heterocycles. The monoisotopic (exact) mass is 454 g/mol. The topological polar surface area (TPSA) is 18.5 Å². The molecule has 2 nitrogen and oxygen atoms in total. The van der Waals surface area contributed by atoms with Crippen molar-refractivity contribution in [1.29, 1.82) is 0 Å². The summed E-state index contributed by atoms with van der Waals surface area (Å²) >= 11 is 9.97. The fourth-order valence-corrected chi connectivity index (χ4v) is 4.38. The minimum atomic E-state index is 0.211. The zero-order valence-corrected chi connectivity index (χ0v) is 21.7. The van der Waals surface area contributed by atoms with Gasteiger partial charge >= 0.3 is 0 Å². The maximum Gasteiger partial charge on any atom is 0.161 e. The number of rotatable bonds is 18. The van der Waals surface area contributed by atoms with Gasteiger partial charge in [0.2, 0.25) is 0 Å². The minimum absolute atomic E-state index is 0.211. The Kier molecular flexibility index (Phi) is 15.7. The standard InChI is InChI=1S/C26H46O2S2/c1-5-9-13-17-27-23-19-21(25(29)15-11-7-3)22(26(30)16-12-8-4)20-24(23)28-18-14-10-6-2/h19-20,25-26,29-30H,5-18H2,1-4H3. The van der Waals surface area contributed by atoms with Crippen LogP contribution in [0.3, 0.4) is 0 Å². The van der Waals surface area contributed by atoms with E-state index in [2.05, 4.69) is 39.8 Å². The molecule has 174 valence electrons. The molecule has 0 N–H and O–H groups in total. The van der Waals surface area contributed by atoms with Crippen molar-refractivity contribution in [3.8, 4) is 11.5 Å². The van der Waals surface area contributed by atoms with Crippen LogP contribution in [0.2, 0.25) is 0 Å². The van der Waals surface area contributed by atoms with Crippen LogP contribution >= 0.6 is 25.3 Å². The number of unbranched alkanes of at least 4 members (excludes halogenated alkanes) is 6. The average Bonchev–Trinajstić information content (AvgIpc) is 2.76. The molecule has 0 fully saturated rings. The fraction of sp³-hybridized carbons (Fsp3) is 0.769. The van der Waals surface area contributed by atoms with E-state index in [0.717, 1.165) is 50.4 Å². The zero-order valence-electron chi connectivity index (χ0n) is 19.9. The van der Waals surface area contributed by atoms with E-state index in [0.29, 0.717) is 0 Å². The van der Waals surface area contributed by atoms with Gasteiger partial charge in [0.25, 0.3) is 0 Å². The van der Waals surface area contributed by atoms with Gasteiger partial charge in [0.15, 0.2) is 11.5 Å². The predicted octanol–water partition coefficient (Wildman–Crippen LogP) is 9.15. The highest BCUT2D eigenvalue weighted by molar-refractivity contribution is 7.80. The fourth-order valence-electron chi connectivity index (χ4n) is 3.57. The summed E-state index contributed by atoms with van der Waals surface area (Å²) in [6, 6.07) is 4.41. The second kappa shape index (κ2) is 17.1. The second-order valence-electron chi connectivity index (χ2n) is 8.36. The Labute approximate surface area is 197 Å². The van der Waals surface area contributed by atoms with Crippen LogP contribution in [0.4, 0.5) is 0 Å². The molecule has 0 aliphatic heterocycles. The molecule has 2 atom stereocenters. The van der Waals surface area contributed by atoms with Gasteiger partial charge in [0.05, 0.1) is 13.2 Å². The third kappa shape index (κ3) is 10.2. The van der Waals surface area contributed by atoms with Crippen LogP contribution in [0.1, 0.15) is 126 Å². The Bertz CT molecular complexity index is 513. The molecule has 4 heteroatoms. The summed E-state index contributed by atoms with van der Waals surface area (Å²) in [5, 5.41) is 0.423. The van der Waals surface area contributed by atoms with Gasteiger partial charge in [-0.1, -0.05) is 79.1 Å². The van der Waals surface area contributed by atoms with E-state index >= 15 is 0 Å². The van der Waals surface area contributed by atoms with E-state index in [-0.39, 0.29) is 10.5 Å². The summed E-state index contributed by atoms with van der Waals surface area (Å²) in [7, 11) is 0. The average molecular weight is 455 g/mol. The van der Waals surface area contributed by atoms with Crippen molar-refractivity contribution in [2.24, 2.45) is 0 Å². The van der Waals surface area contributed by atoms with Crippen molar-refractivity contribution >= 4 is 25.3 Å². The molecule has 1 aromatic carbocycles. The Morgan fingerprint density at radius 3 is 1.30 bits per heavy atom. The van der Waals surface area contributed by atoms with Crippen LogP contribution in [0.25, 0.3) is 0 Å². The van der Waals surface area contributed by atoms with Gasteiger partial charge in [-0.2, -0.15) is 25.3 Å². The molecule has 0 amide bonds. The Morgan fingerprint density at radius 1 is 0.600 bits per heavy atom. The number of hydrogen-bond acceptors (Lipinski definition) is 4. The quantitative estimate of drug-likeness (QED) is 0.170. The van der Waals surface area contributed by atoms with Crippen LogP contribution in [-0.2, 0) is 0 Å². The summed E-state index contributed by atoms with van der Waals surface area (Å²) in [4.78, 5) is 0. The van der Waals surface area contributed by atoms with Gasteiger partial charge < -0.3 is 9.47 Å². The molecule has 0 aliphatic carbocycles. The van der Waals surface area contributed by atoms with E-state index in [1.807, 2.05) is 0 Å². The van der Waals surface area contributed by atoms with Crippen molar-refractivity contribution in [2.45, 2.75) is 115 Å². The van der Waals surface area contributed by atoms with E-state index < -0.39 is 0 Å². The summed E-state index contributed by atoms with van der Waals surface area (Å²) in [5.41, 5.74) is 2.54. The lowest BCUT2D eigenvalue weighted by Crippen LogP contribution is -2.07. The highest BCUT2D eigenvalue weighted by Gasteiger charge is 2.21. The molecular formula is C26H46O2S2. The first-order valence-electron chi connectivity index (χ1n) is 12.4. The van der Waals surface area contributed by atoms with Crippen LogP contribution in [-0.4, -0.2) is 13.2 Å². The van der Waals surface area contributed by atoms with E-state index in [1.54, 1.807) is 0 Å². The maximum absolute atomic E-state index is 6.22. The largest absolute Gasteiger partial charge is 0.490 e. The molecule has 1 rings (SSSR count). The molecule has 0 radical (unpaired) electrons. The van der Waals surface area contributed by atoms with Gasteiger partial charge in [-0.05, 0) is 48.9 Å². The molecule has 1 aromatic rings. The van der Waals surface area contributed by atoms with Gasteiger partial charge in [-0.25, -0.2) is 0 Å². The molecule has 0 saturated carbocycles. The maximum atomic E-state index is 6.22. The van der Waals surface area contributed by atoms with Crippen molar-refractivity contribution < 1.29 is 9.47 Å². The van der Waals surface area contributed by atoms with Crippen LogP contribution < -0.4 is 9.47 Å². The zero-order chi connectivity index (χ0) is 22.2. The highest BCUT2D eigenvalue weighted by Crippen LogP contribution is 2.42. The molecule has 0 aromatic heterocycles. The number of thiol groups is 2. The third-order valence-corrected chi connectivity index (χ3v) is 6.61. The Morgan fingerprint density at radius 2 is 0.967 bits per heavy atom. The number of ether oxygens (including phenoxy) is 2. The van der Waals surface area contributed by atoms with Gasteiger partial charge in [0.1, 0.15) is 0 Å². The highest BCUT2D eigenvalue weighted by atomic mass is 32.1. The van der Waals surface area contributed by atoms with Crippen molar-refractivity contribution in [1.82, 2.24) is 0 Å². The van der Waals surface area contributed by atoms with E-state index in [9.17, 15) is 0 Å². The number of benzene rings is 1. The SMILES string of the molecule is CCCCCOc1cc(C(S)CCCC)c(C(S)CCCC)cc1OCCCCC. The van der Waals surface area contributed by atoms with Crippen molar-refractivity contribution in [2.75, 3.05) is 13.2 Å². The normalized spacial score (nSPS) is 13.3. The summed E-state index contributed by atoms with van der Waals surface area (Å²) in [6.07, 6.45) is 13.8. The smallest absolute Gasteiger partial charge is 0.161 e. The third-order valence-electron chi connectivity index (χ3n) is 5.54. The van der Waals surface area contributed by atoms with Crippen LogP contribution in [0.15, 0.2) is 12.1 Å². The second-order valence-corrected chi connectivity index (χ2v) is 9.60. The van der Waals surface area contributed by atoms with Gasteiger partial charge in [0, 0.05) is 10.5 Å². The first-order chi connectivity index (χ1) is 14.6. The molecule has 0 heterocycles. The van der Waals surface area contributed by atoms with Gasteiger partial charge in [-0.15, -0.1) is 0 Å². The van der Waals surface area contributed by atoms with E-state index in [4.69, 9.17) is 34.7 Å². The lowest BCUT2D eigenvalue weighted by Gasteiger charge is -2.23. The lowest BCUT2D eigenvalue weighted by molar-refractivity contribution is 0.259. The molecule has 0 aliphatic rings. The Balaban J connectivity index is 3.18. The Hall–Kier alpha value is -0.480. The summed E-state index contributed by atoms with van der Waals surface area (Å²) < 4.78 is 12.4. The van der Waals surface area contributed by atoms with Crippen LogP contribution in [0, 0.1) is 0 Å². The number of hydrogen-bond donors (Lipinski definition) is 2. The molecule has 2 unspecified atom stereocenters. The van der Waals surface area contributed by atoms with Gasteiger partial charge in [-0.3, -0.25) is 0 Å². The van der Waals surface area contributed by atoms with E-state index in [1.165, 1.54) is 62.5 Å². The predicted molar refractivity (Wildman–Crippen MR) is 139 cm³/mol. The first kappa shape index (κ1) is 27.6.